The highest BCUT2D eigenvalue weighted by molar-refractivity contribution is 5.03. The average molecular weight is 651 g/mol. The smallest absolute Gasteiger partial charge is 0.0269 e. The molecule has 0 N–H and O–H groups in total. The zero-order chi connectivity index (χ0) is 34.1. The molecular weight excluding hydrogens is 565 g/mol. The van der Waals surface area contributed by atoms with Crippen LogP contribution in [-0.4, -0.2) is 0 Å². The van der Waals surface area contributed by atoms with Crippen LogP contribution in [-0.2, 0) is 0 Å². The molecule has 8 aliphatic carbocycles. The predicted octanol–water partition coefficient (Wildman–Crippen LogP) is 15.5. The second-order valence-corrected chi connectivity index (χ2v) is 22.4. The van der Waals surface area contributed by atoms with Crippen LogP contribution >= 0.6 is 0 Å². The molecule has 0 heterocycles. The van der Waals surface area contributed by atoms with Crippen LogP contribution in [0.3, 0.4) is 0 Å². The van der Waals surface area contributed by atoms with Gasteiger partial charge in [-0.15, -0.1) is 0 Å². The first-order chi connectivity index (χ1) is 22.1. The third-order valence-corrected chi connectivity index (χ3v) is 17.4. The summed E-state index contributed by atoms with van der Waals surface area (Å²) in [5.74, 6) is 8.19. The predicted molar refractivity (Wildman–Crippen MR) is 208 cm³/mol. The Morgan fingerprint density at radius 3 is 1.45 bits per heavy atom. The van der Waals surface area contributed by atoms with Crippen molar-refractivity contribution < 1.29 is 0 Å². The molecule has 0 amide bonds. The monoisotopic (exact) mass is 651 g/mol. The maximum atomic E-state index is 2.49. The van der Waals surface area contributed by atoms with Crippen molar-refractivity contribution in [2.24, 2.45) is 74.4 Å². The van der Waals surface area contributed by atoms with Crippen molar-refractivity contribution in [1.82, 2.24) is 0 Å². The summed E-state index contributed by atoms with van der Waals surface area (Å²) in [6.45, 7) is 24.2. The van der Waals surface area contributed by atoms with Gasteiger partial charge in [0.25, 0.3) is 0 Å². The van der Waals surface area contributed by atoms with Crippen molar-refractivity contribution in [2.75, 3.05) is 0 Å². The molecule has 0 aliphatic heterocycles. The lowest BCUT2D eigenvalue weighted by Crippen LogP contribution is -2.32. The molecule has 3 unspecified atom stereocenters. The second-order valence-electron chi connectivity index (χ2n) is 22.4. The molecule has 3 atom stereocenters. The van der Waals surface area contributed by atoms with Gasteiger partial charge in [-0.3, -0.25) is 0 Å². The fraction of sp³-hybridized carbons (Fsp3) is 1.00. The van der Waals surface area contributed by atoms with Gasteiger partial charge < -0.3 is 0 Å². The van der Waals surface area contributed by atoms with Gasteiger partial charge in [0.15, 0.2) is 0 Å². The lowest BCUT2D eigenvalue weighted by atomic mass is 9.61. The molecule has 8 saturated carbocycles. The van der Waals surface area contributed by atoms with Gasteiger partial charge in [0, 0.05) is 0 Å². The molecule has 8 aliphatic rings. The highest BCUT2D eigenvalue weighted by Gasteiger charge is 2.52. The number of hydrogen-bond donors (Lipinski definition) is 0. The van der Waals surface area contributed by atoms with Gasteiger partial charge in [-0.05, 0) is 184 Å². The Bertz CT molecular complexity index is 918. The van der Waals surface area contributed by atoms with Crippen LogP contribution in [0.5, 0.6) is 0 Å². The van der Waals surface area contributed by atoms with E-state index in [1.165, 1.54) is 116 Å². The van der Waals surface area contributed by atoms with Crippen molar-refractivity contribution in [1.29, 1.82) is 0 Å². The minimum Gasteiger partial charge on any atom is -0.0625 e. The molecule has 0 nitrogen and oxygen atoms in total. The van der Waals surface area contributed by atoms with Gasteiger partial charge in [-0.1, -0.05) is 114 Å². The molecule has 0 radical (unpaired) electrons. The van der Waals surface area contributed by atoms with E-state index in [-0.39, 0.29) is 0 Å². The first-order valence-electron chi connectivity index (χ1n) is 22.1. The maximum Gasteiger partial charge on any atom is -0.0269 e. The molecule has 6 bridgehead atoms. The van der Waals surface area contributed by atoms with E-state index >= 15 is 0 Å². The summed E-state index contributed by atoms with van der Waals surface area (Å²) >= 11 is 0. The molecule has 0 saturated heterocycles. The normalized spacial score (nSPS) is 41.4. The number of fused-ring (bicyclic) bond motifs is 6. The largest absolute Gasteiger partial charge is 0.0625 e. The minimum absolute atomic E-state index is 0.571. The van der Waals surface area contributed by atoms with Gasteiger partial charge in [0.2, 0.25) is 0 Å². The highest BCUT2D eigenvalue weighted by atomic mass is 14.6. The topological polar surface area (TPSA) is 0 Å². The van der Waals surface area contributed by atoms with Crippen molar-refractivity contribution in [3.63, 3.8) is 0 Å². The lowest BCUT2D eigenvalue weighted by molar-refractivity contribution is 0.0700. The van der Waals surface area contributed by atoms with Gasteiger partial charge in [0.05, 0.1) is 0 Å². The first-order valence-corrected chi connectivity index (χ1v) is 22.1. The van der Waals surface area contributed by atoms with E-state index in [0.29, 0.717) is 5.41 Å². The van der Waals surface area contributed by atoms with E-state index < -0.39 is 0 Å². The van der Waals surface area contributed by atoms with Crippen molar-refractivity contribution in [3.05, 3.63) is 0 Å². The van der Waals surface area contributed by atoms with Crippen LogP contribution in [0.25, 0.3) is 0 Å². The van der Waals surface area contributed by atoms with Crippen molar-refractivity contribution in [2.45, 2.75) is 223 Å². The van der Waals surface area contributed by atoms with Crippen LogP contribution in [0.2, 0.25) is 0 Å². The average Bonchev–Trinajstić information content (AvgIpc) is 3.85. The molecule has 0 aromatic carbocycles. The van der Waals surface area contributed by atoms with Crippen LogP contribution in [0.15, 0.2) is 0 Å². The molecular formula is C47H86. The number of rotatable bonds is 3. The summed E-state index contributed by atoms with van der Waals surface area (Å²) in [7, 11) is 0. The van der Waals surface area contributed by atoms with Crippen LogP contribution in [0, 0.1) is 74.4 Å². The second kappa shape index (κ2) is 15.3. The Hall–Kier alpha value is 0. The molecule has 8 rings (SSSR count). The van der Waals surface area contributed by atoms with Crippen LogP contribution < -0.4 is 0 Å². The molecule has 0 heteroatoms. The van der Waals surface area contributed by atoms with E-state index in [1.807, 2.05) is 0 Å². The summed E-state index contributed by atoms with van der Waals surface area (Å²) in [5, 5.41) is 0. The fourth-order valence-corrected chi connectivity index (χ4v) is 13.4. The third-order valence-electron chi connectivity index (χ3n) is 17.4. The Kier molecular flexibility index (Phi) is 12.5. The van der Waals surface area contributed by atoms with E-state index in [4.69, 9.17) is 0 Å². The third kappa shape index (κ3) is 9.27. The molecule has 47 heavy (non-hydrogen) atoms. The Morgan fingerprint density at radius 1 is 0.511 bits per heavy atom. The van der Waals surface area contributed by atoms with Gasteiger partial charge in [-0.2, -0.15) is 0 Å². The lowest BCUT2D eigenvalue weighted by Gasteiger charge is -2.45. The first kappa shape index (κ1) is 38.2. The molecule has 274 valence electrons. The summed E-state index contributed by atoms with van der Waals surface area (Å²) in [6.07, 6.45) is 36.8. The fourth-order valence-electron chi connectivity index (χ4n) is 13.4. The highest BCUT2D eigenvalue weighted by Crippen LogP contribution is 2.64. The molecule has 0 aromatic heterocycles. The van der Waals surface area contributed by atoms with Gasteiger partial charge in [0.1, 0.15) is 0 Å². The molecule has 8 fully saturated rings. The zero-order valence-corrected chi connectivity index (χ0v) is 34.1. The van der Waals surface area contributed by atoms with E-state index in [1.54, 1.807) is 38.5 Å². The Balaban J connectivity index is 0.000000124. The van der Waals surface area contributed by atoms with Gasteiger partial charge in [-0.25, -0.2) is 0 Å². The molecule has 1 spiro atoms. The van der Waals surface area contributed by atoms with Gasteiger partial charge >= 0.3 is 0 Å². The van der Waals surface area contributed by atoms with E-state index in [0.717, 1.165) is 69.0 Å². The Morgan fingerprint density at radius 2 is 1.06 bits per heavy atom. The minimum atomic E-state index is 0.571. The summed E-state index contributed by atoms with van der Waals surface area (Å²) < 4.78 is 0. The summed E-state index contributed by atoms with van der Waals surface area (Å²) in [5.41, 5.74) is 3.72. The quantitative estimate of drug-likeness (QED) is 0.285. The maximum absolute atomic E-state index is 2.49. The summed E-state index contributed by atoms with van der Waals surface area (Å²) in [4.78, 5) is 0. The number of hydrogen-bond acceptors (Lipinski definition) is 0. The molecule has 0 aromatic rings. The SMILES string of the molecule is CC(C)(C)C1CC2CCC(C2)C1.CC(C)C12CCC(C)(CC1)C2.CC(C)C12CCC(CC1)C2.CC(C)C1CCCC2(CCCCC2)C1. The van der Waals surface area contributed by atoms with Crippen molar-refractivity contribution >= 4 is 0 Å². The standard InChI is InChI=1S/C14H26.C12H22.C11H20.C10H18/c1-12(2)13-7-6-10-14(11-13)8-4-3-5-9-14;1-12(2,3)11-7-9-4-5-10(6-9)8-11;1-9(2)11-6-4-10(3,8-11)5-7-11;1-8(2)10-5-3-9(7-10)4-6-10/h12-13H,3-11H2,1-2H3;9-11H,4-8H2,1-3H3;9H,4-8H2,1-3H3;8-9H,3-7H2,1-2H3. The van der Waals surface area contributed by atoms with E-state index in [9.17, 15) is 0 Å². The van der Waals surface area contributed by atoms with Crippen molar-refractivity contribution in [3.8, 4) is 0 Å². The van der Waals surface area contributed by atoms with Crippen LogP contribution in [0.4, 0.5) is 0 Å². The zero-order valence-electron chi connectivity index (χ0n) is 34.1. The van der Waals surface area contributed by atoms with Crippen LogP contribution in [0.1, 0.15) is 223 Å². The van der Waals surface area contributed by atoms with E-state index in [2.05, 4.69) is 69.2 Å². The Labute approximate surface area is 296 Å². The summed E-state index contributed by atoms with van der Waals surface area (Å²) in [6, 6.07) is 0.